The quantitative estimate of drug-likeness (QED) is 0.862. The molecule has 0 radical (unpaired) electrons. The molecule has 1 N–H and O–H groups in total. The minimum Gasteiger partial charge on any atom is -0.311 e. The Morgan fingerprint density at radius 3 is 2.59 bits per heavy atom. The number of aromatic nitrogens is 2. The number of hydrogen-bond donors (Lipinski definition) is 1. The molecule has 0 unspecified atom stereocenters. The van der Waals surface area contributed by atoms with E-state index in [0.29, 0.717) is 11.4 Å². The zero-order valence-electron chi connectivity index (χ0n) is 9.14. The van der Waals surface area contributed by atoms with E-state index < -0.39 is 5.82 Å². The third kappa shape index (κ3) is 2.63. The van der Waals surface area contributed by atoms with Crippen LogP contribution < -0.4 is 5.32 Å². The van der Waals surface area contributed by atoms with Crippen LogP contribution >= 0.6 is 0 Å². The molecule has 0 atom stereocenters. The summed E-state index contributed by atoms with van der Waals surface area (Å²) in [5.41, 5.74) is 0.809. The fraction of sp³-hybridized carbons (Fsp3) is 0.0833. The lowest BCUT2D eigenvalue weighted by Gasteiger charge is -2.06. The van der Waals surface area contributed by atoms with Crippen molar-refractivity contribution >= 4 is 11.7 Å². The first kappa shape index (κ1) is 11.2. The van der Waals surface area contributed by atoms with Gasteiger partial charge in [0, 0.05) is 24.9 Å². The molecule has 0 aliphatic rings. The van der Waals surface area contributed by atoms with Gasteiger partial charge in [0.25, 0.3) is 0 Å². The van der Waals surface area contributed by atoms with Crippen LogP contribution in [0.25, 0.3) is 11.3 Å². The van der Waals surface area contributed by atoms with Crippen molar-refractivity contribution in [3.8, 4) is 11.3 Å². The average molecular weight is 231 g/mol. The Hall–Kier alpha value is -2.30. The van der Waals surface area contributed by atoms with E-state index in [1.54, 1.807) is 24.5 Å². The van der Waals surface area contributed by atoms with E-state index in [-0.39, 0.29) is 11.6 Å². The van der Waals surface area contributed by atoms with E-state index in [1.807, 2.05) is 0 Å². The molecule has 2 rings (SSSR count). The fourth-order valence-corrected chi connectivity index (χ4v) is 1.40. The normalized spacial score (nSPS) is 10.0. The number of amides is 1. The molecule has 4 nitrogen and oxygen atoms in total. The van der Waals surface area contributed by atoms with Gasteiger partial charge in [-0.1, -0.05) is 0 Å². The molecule has 86 valence electrons. The van der Waals surface area contributed by atoms with Gasteiger partial charge in [-0.15, -0.1) is 0 Å². The van der Waals surface area contributed by atoms with Gasteiger partial charge in [-0.2, -0.15) is 0 Å². The number of halogens is 1. The molecule has 0 aliphatic carbocycles. The summed E-state index contributed by atoms with van der Waals surface area (Å²) in [6, 6.07) is 6.00. The number of anilines is 1. The zero-order chi connectivity index (χ0) is 12.3. The molecule has 0 fully saturated rings. The van der Waals surface area contributed by atoms with Crippen LogP contribution in [0.1, 0.15) is 6.92 Å². The van der Waals surface area contributed by atoms with Crippen molar-refractivity contribution < 1.29 is 9.18 Å². The van der Waals surface area contributed by atoms with Crippen molar-refractivity contribution in [2.75, 3.05) is 5.32 Å². The summed E-state index contributed by atoms with van der Waals surface area (Å²) in [5, 5.41) is 2.51. The first-order chi connectivity index (χ1) is 8.16. The van der Waals surface area contributed by atoms with E-state index in [9.17, 15) is 9.18 Å². The van der Waals surface area contributed by atoms with Gasteiger partial charge in [-0.25, -0.2) is 9.37 Å². The second-order valence-electron chi connectivity index (χ2n) is 3.44. The number of carbonyl (C=O) groups is 1. The lowest BCUT2D eigenvalue weighted by Crippen LogP contribution is -2.08. The van der Waals surface area contributed by atoms with E-state index in [4.69, 9.17) is 0 Å². The highest BCUT2D eigenvalue weighted by molar-refractivity contribution is 5.87. The summed E-state index contributed by atoms with van der Waals surface area (Å²) in [6.07, 6.45) is 3.11. The van der Waals surface area contributed by atoms with Gasteiger partial charge in [0.05, 0.1) is 0 Å². The SMILES string of the molecule is CC(=O)Nc1ccc(F)c(-c2ccncc2)n1. The van der Waals surface area contributed by atoms with Gasteiger partial charge in [0.2, 0.25) is 5.91 Å². The molecule has 17 heavy (non-hydrogen) atoms. The molecule has 0 aromatic carbocycles. The van der Waals surface area contributed by atoms with Crippen molar-refractivity contribution in [2.45, 2.75) is 6.92 Å². The van der Waals surface area contributed by atoms with Gasteiger partial charge in [-0.3, -0.25) is 9.78 Å². The summed E-state index contributed by atoms with van der Waals surface area (Å²) in [7, 11) is 0. The monoisotopic (exact) mass is 231 g/mol. The lowest BCUT2D eigenvalue weighted by molar-refractivity contribution is -0.114. The maximum Gasteiger partial charge on any atom is 0.222 e. The molecule has 0 saturated carbocycles. The maximum atomic E-state index is 13.6. The van der Waals surface area contributed by atoms with Crippen LogP contribution in [0.4, 0.5) is 10.2 Å². The molecule has 2 heterocycles. The van der Waals surface area contributed by atoms with Gasteiger partial charge in [0.15, 0.2) is 0 Å². The largest absolute Gasteiger partial charge is 0.311 e. The number of pyridine rings is 2. The van der Waals surface area contributed by atoms with Crippen LogP contribution in [0, 0.1) is 5.82 Å². The van der Waals surface area contributed by atoms with Crippen LogP contribution in [0.5, 0.6) is 0 Å². The van der Waals surface area contributed by atoms with Gasteiger partial charge in [0.1, 0.15) is 17.3 Å². The van der Waals surface area contributed by atoms with Gasteiger partial charge in [-0.05, 0) is 24.3 Å². The molecular formula is C12H10FN3O. The van der Waals surface area contributed by atoms with Crippen LogP contribution in [0.15, 0.2) is 36.7 Å². The first-order valence-electron chi connectivity index (χ1n) is 5.01. The first-order valence-corrected chi connectivity index (χ1v) is 5.01. The summed E-state index contributed by atoms with van der Waals surface area (Å²) in [4.78, 5) is 18.8. The smallest absolute Gasteiger partial charge is 0.222 e. The third-order valence-corrected chi connectivity index (χ3v) is 2.10. The molecule has 5 heteroatoms. The Labute approximate surface area is 97.5 Å². The summed E-state index contributed by atoms with van der Waals surface area (Å²) < 4.78 is 13.6. The Morgan fingerprint density at radius 1 is 1.24 bits per heavy atom. The number of nitrogens with zero attached hydrogens (tertiary/aromatic N) is 2. The molecule has 2 aromatic rings. The third-order valence-electron chi connectivity index (χ3n) is 2.10. The van der Waals surface area contributed by atoms with E-state index in [0.717, 1.165) is 0 Å². The van der Waals surface area contributed by atoms with E-state index >= 15 is 0 Å². The number of carbonyl (C=O) groups excluding carboxylic acids is 1. The highest BCUT2D eigenvalue weighted by atomic mass is 19.1. The molecule has 0 bridgehead atoms. The van der Waals surface area contributed by atoms with Gasteiger partial charge >= 0.3 is 0 Å². The van der Waals surface area contributed by atoms with Crippen molar-refractivity contribution in [1.82, 2.24) is 9.97 Å². The molecular weight excluding hydrogens is 221 g/mol. The van der Waals surface area contributed by atoms with Crippen molar-refractivity contribution in [3.63, 3.8) is 0 Å². The minimum absolute atomic E-state index is 0.193. The molecule has 0 saturated heterocycles. The fourth-order valence-electron chi connectivity index (χ4n) is 1.40. The van der Waals surface area contributed by atoms with Crippen LogP contribution in [0.2, 0.25) is 0 Å². The predicted molar refractivity (Wildman–Crippen MR) is 61.7 cm³/mol. The Morgan fingerprint density at radius 2 is 1.94 bits per heavy atom. The topological polar surface area (TPSA) is 54.9 Å². The highest BCUT2D eigenvalue weighted by Gasteiger charge is 2.08. The van der Waals surface area contributed by atoms with Crippen molar-refractivity contribution in [3.05, 3.63) is 42.5 Å². The van der Waals surface area contributed by atoms with Crippen LogP contribution in [-0.4, -0.2) is 15.9 Å². The highest BCUT2D eigenvalue weighted by Crippen LogP contribution is 2.21. The second kappa shape index (κ2) is 4.69. The number of nitrogens with one attached hydrogen (secondary N) is 1. The van der Waals surface area contributed by atoms with Crippen LogP contribution in [-0.2, 0) is 4.79 Å². The summed E-state index contributed by atoms with van der Waals surface area (Å²) in [5.74, 6) is -0.360. The van der Waals surface area contributed by atoms with E-state index in [2.05, 4.69) is 15.3 Å². The predicted octanol–water partition coefficient (Wildman–Crippen LogP) is 2.24. The van der Waals surface area contributed by atoms with Crippen LogP contribution in [0.3, 0.4) is 0 Å². The zero-order valence-corrected chi connectivity index (χ0v) is 9.14. The van der Waals surface area contributed by atoms with Crippen molar-refractivity contribution in [1.29, 1.82) is 0 Å². The molecule has 2 aromatic heterocycles. The average Bonchev–Trinajstić information content (AvgIpc) is 2.32. The minimum atomic E-state index is -0.440. The second-order valence-corrected chi connectivity index (χ2v) is 3.44. The number of hydrogen-bond acceptors (Lipinski definition) is 3. The van der Waals surface area contributed by atoms with Gasteiger partial charge < -0.3 is 5.32 Å². The summed E-state index contributed by atoms with van der Waals surface area (Å²) in [6.45, 7) is 1.37. The summed E-state index contributed by atoms with van der Waals surface area (Å²) >= 11 is 0. The molecule has 0 aliphatic heterocycles. The van der Waals surface area contributed by atoms with Crippen molar-refractivity contribution in [2.24, 2.45) is 0 Å². The molecule has 1 amide bonds. The Kier molecular flexibility index (Phi) is 3.09. The Bertz CT molecular complexity index is 543. The standard InChI is InChI=1S/C12H10FN3O/c1-8(17)15-11-3-2-10(13)12(16-11)9-4-6-14-7-5-9/h2-7H,1H3,(H,15,16,17). The lowest BCUT2D eigenvalue weighted by atomic mass is 10.2. The number of rotatable bonds is 2. The maximum absolute atomic E-state index is 13.6. The molecule has 0 spiro atoms. The Balaban J connectivity index is 2.43. The van der Waals surface area contributed by atoms with E-state index in [1.165, 1.54) is 19.1 Å².